The summed E-state index contributed by atoms with van der Waals surface area (Å²) >= 11 is -8.67. The van der Waals surface area contributed by atoms with Gasteiger partial charge in [-0.3, -0.25) is 0 Å². The molecule has 0 radical (unpaired) electrons. The summed E-state index contributed by atoms with van der Waals surface area (Å²) in [7, 11) is 16.8. The molecule has 2 aliphatic heterocycles. The zero-order chi connectivity index (χ0) is 74.7. The van der Waals surface area contributed by atoms with E-state index in [-0.39, 0.29) is 22.3 Å². The predicted octanol–water partition coefficient (Wildman–Crippen LogP) is 26.6. The van der Waals surface area contributed by atoms with Gasteiger partial charge < -0.3 is 0 Å². The van der Waals surface area contributed by atoms with Crippen LogP contribution in [-0.4, -0.2) is 17.6 Å². The number of benzene rings is 4. The van der Waals surface area contributed by atoms with Crippen LogP contribution in [0.15, 0.2) is 237 Å². The van der Waals surface area contributed by atoms with E-state index in [1.807, 2.05) is 72.9 Å². The van der Waals surface area contributed by atoms with Crippen LogP contribution in [0.1, 0.15) is 205 Å². The van der Waals surface area contributed by atoms with Gasteiger partial charge in [0.2, 0.25) is 0 Å². The monoisotopic (exact) mass is 1630 g/mol. The molecule has 8 unspecified atom stereocenters. The van der Waals surface area contributed by atoms with E-state index in [4.69, 9.17) is 0 Å². The second-order valence-electron chi connectivity index (χ2n) is 35.1. The van der Waals surface area contributed by atoms with Crippen molar-refractivity contribution in [2.45, 2.75) is 206 Å². The van der Waals surface area contributed by atoms with Crippen LogP contribution in [0.25, 0.3) is 0 Å². The van der Waals surface area contributed by atoms with Crippen molar-refractivity contribution in [1.82, 2.24) is 0 Å². The molecule has 538 valence electrons. The van der Waals surface area contributed by atoms with Gasteiger partial charge >= 0.3 is 619 Å². The maximum atomic E-state index is 17.3. The first-order chi connectivity index (χ1) is 48.2. The molecule has 0 amide bonds. The average Bonchev–Trinajstić information content (AvgIpc) is 1.52. The van der Waals surface area contributed by atoms with E-state index >= 15 is 35.1 Å². The Bertz CT molecular complexity index is 4320. The van der Waals surface area contributed by atoms with Gasteiger partial charge in [0.25, 0.3) is 0 Å². The number of halogens is 10. The molecule has 8 atom stereocenters. The van der Waals surface area contributed by atoms with Crippen LogP contribution >= 0.6 is 17.2 Å². The summed E-state index contributed by atoms with van der Waals surface area (Å²) in [5.74, 6) is -8.11. The second kappa shape index (κ2) is 23.8. The van der Waals surface area contributed by atoms with Crippen LogP contribution in [0.3, 0.4) is 0 Å². The molecule has 2 heterocycles. The number of rotatable bonds is 8. The second-order valence-corrected chi connectivity index (χ2v) is 89.5. The zero-order valence-electron chi connectivity index (χ0n) is 62.7. The van der Waals surface area contributed by atoms with E-state index in [1.54, 1.807) is 83.1 Å². The molecule has 0 saturated carbocycles. The van der Waals surface area contributed by atoms with Crippen LogP contribution in [0, 0.1) is 46.5 Å². The van der Waals surface area contributed by atoms with E-state index in [9.17, 15) is 17.2 Å². The summed E-state index contributed by atoms with van der Waals surface area (Å²) in [5.41, 5.74) is 9.25. The molecule has 4 aromatic carbocycles. The van der Waals surface area contributed by atoms with Crippen LogP contribution in [0.2, 0.25) is 24.3 Å². The molecule has 2 fully saturated rings. The van der Waals surface area contributed by atoms with E-state index in [1.165, 1.54) is 48.5 Å². The fraction of sp³-hybridized carbons (Fsp3) is 0.378. The van der Waals surface area contributed by atoms with Crippen molar-refractivity contribution in [2.24, 2.45) is 0 Å². The summed E-state index contributed by atoms with van der Waals surface area (Å²) in [6, 6.07) is 12.0. The molecule has 5 spiro atoms. The normalized spacial score (nSPS) is 30.4. The third-order valence-electron chi connectivity index (χ3n) is 26.7. The van der Waals surface area contributed by atoms with Gasteiger partial charge in [-0.2, -0.15) is 0 Å². The van der Waals surface area contributed by atoms with Crippen molar-refractivity contribution >= 4 is 34.7 Å². The minimum atomic E-state index is -8.67. The summed E-state index contributed by atoms with van der Waals surface area (Å²) in [5, 5.41) is 0. The fourth-order valence-corrected chi connectivity index (χ4v) is 195. The van der Waals surface area contributed by atoms with Crippen LogP contribution in [-0.2, 0) is 36.3 Å². The molecular weight excluding hydrogens is 1540 g/mol. The molecule has 2 saturated heterocycles. The van der Waals surface area contributed by atoms with E-state index < -0.39 is 135 Å². The Balaban J connectivity index is 1.22. The van der Waals surface area contributed by atoms with Crippen molar-refractivity contribution in [3.05, 3.63) is 328 Å². The number of hydrogen-bond donors (Lipinski definition) is 0. The third-order valence-corrected chi connectivity index (χ3v) is 142. The van der Waals surface area contributed by atoms with Crippen molar-refractivity contribution in [1.29, 1.82) is 0 Å². The molecule has 4 aromatic rings. The molecule has 0 N–H and O–H groups in total. The molecule has 0 bridgehead atoms. The fourth-order valence-electron chi connectivity index (χ4n) is 24.4. The van der Waals surface area contributed by atoms with Crippen molar-refractivity contribution < 1.29 is 49.8 Å². The molecular formula is C90H96Cl2F8HfSi2. The standard InChI is InChI=1S/2C45H48F4Si.2ClH.Hf/c2*1-10-26-20-34-30(28-22-36(46)40(37(47)23-28)44(3,4)5)16-12-14-18-32(34)42(26)50(9)43-27(11-2)21-35-31(17-13-15-19-33(35)43)29-24-38(48)41(39(49)25-29)45(6,7)8;;;/h2*12-25,30-31,50H,10-11H2,1-9H3;2*1H;/q;;;;+2/p-2. The first kappa shape index (κ1) is 73.9. The quantitative estimate of drug-likeness (QED) is 0.122. The maximum absolute atomic E-state index is 17.3. The third kappa shape index (κ3) is 8.61. The van der Waals surface area contributed by atoms with Crippen LogP contribution in [0.4, 0.5) is 35.1 Å². The molecule has 0 nitrogen and oxygen atoms in total. The molecule has 13 heteroatoms. The number of fused-ring (bicyclic) bond motifs is 8. The van der Waals surface area contributed by atoms with Gasteiger partial charge in [-0.1, -0.05) is 0 Å². The minimum absolute atomic E-state index is 0.0140. The van der Waals surface area contributed by atoms with Gasteiger partial charge in [-0.15, -0.1) is 0 Å². The summed E-state index contributed by atoms with van der Waals surface area (Å²) in [6.07, 6.45) is 44.1. The summed E-state index contributed by atoms with van der Waals surface area (Å²) in [6.45, 7) is 35.3. The number of hydrogen-bond acceptors (Lipinski definition) is 0. The molecule has 103 heavy (non-hydrogen) atoms. The molecule has 10 aliphatic rings. The summed E-state index contributed by atoms with van der Waals surface area (Å²) < 4.78 is 133. The Morgan fingerprint density at radius 1 is 0.320 bits per heavy atom. The van der Waals surface area contributed by atoms with E-state index in [2.05, 4.69) is 89.4 Å². The molecule has 14 rings (SSSR count). The van der Waals surface area contributed by atoms with E-state index in [0.717, 1.165) is 66.9 Å². The van der Waals surface area contributed by atoms with Crippen molar-refractivity contribution in [3.8, 4) is 0 Å². The molecule has 8 aliphatic carbocycles. The summed E-state index contributed by atoms with van der Waals surface area (Å²) in [4.78, 5) is 0. The Kier molecular flexibility index (Phi) is 17.1. The Hall–Kier alpha value is -5.96. The zero-order valence-corrected chi connectivity index (χ0v) is 70.2. The average molecular weight is 1640 g/mol. The SMILES string of the molecule is CCC1=CC2=C(C=CC=CC2c2cc(F)c(C(C)(C)C)c(F)c2)[C]12[SiH](C)[C]1(C(CC)=CC3=C1C=CC=CC3c1cc(F)c(C(C)(C)C)c(F)c1)[Hf]21([Cl])([Cl])[C]2(C(CC)=CC3=C2C=CC=CC3c2cc(F)c(C(C)(C)C)c(F)c2)[SiH](C)[C]12C(CC)=CC1=C2C=CC=CC1c1cc(F)c(C(C)(C)C)c(F)c1. The predicted molar refractivity (Wildman–Crippen MR) is 414 cm³/mol. The van der Waals surface area contributed by atoms with E-state index in [0.29, 0.717) is 47.9 Å². The van der Waals surface area contributed by atoms with Gasteiger partial charge in [0.15, 0.2) is 0 Å². The topological polar surface area (TPSA) is 0 Å². The first-order valence-corrected chi connectivity index (χ1v) is 57.9. The van der Waals surface area contributed by atoms with Crippen LogP contribution in [0.5, 0.6) is 0 Å². The Labute approximate surface area is 613 Å². The van der Waals surface area contributed by atoms with Gasteiger partial charge in [0.1, 0.15) is 0 Å². The van der Waals surface area contributed by atoms with Gasteiger partial charge in [-0.25, -0.2) is 0 Å². The van der Waals surface area contributed by atoms with Gasteiger partial charge in [0.05, 0.1) is 0 Å². The Morgan fingerprint density at radius 3 is 0.650 bits per heavy atom. The first-order valence-electron chi connectivity index (χ1n) is 37.2. The van der Waals surface area contributed by atoms with Crippen molar-refractivity contribution in [2.75, 3.05) is 0 Å². The molecule has 0 aromatic heterocycles. The van der Waals surface area contributed by atoms with Gasteiger partial charge in [0, 0.05) is 0 Å². The Morgan fingerprint density at radius 2 is 0.495 bits per heavy atom. The van der Waals surface area contributed by atoms with Gasteiger partial charge in [-0.05, 0) is 0 Å². The van der Waals surface area contributed by atoms with Crippen molar-refractivity contribution in [3.63, 3.8) is 0 Å². The number of allylic oxidation sites excluding steroid dienone is 32. The van der Waals surface area contributed by atoms with Crippen LogP contribution < -0.4 is 0 Å².